The van der Waals surface area contributed by atoms with Gasteiger partial charge >= 0.3 is 5.97 Å². The molecule has 3 nitrogen and oxygen atoms in total. The van der Waals surface area contributed by atoms with E-state index in [1.54, 1.807) is 11.8 Å². The van der Waals surface area contributed by atoms with Crippen molar-refractivity contribution >= 4 is 17.7 Å². The zero-order valence-electron chi connectivity index (χ0n) is 9.21. The summed E-state index contributed by atoms with van der Waals surface area (Å²) in [6.45, 7) is 5.82. The molecule has 0 heterocycles. The van der Waals surface area contributed by atoms with Crippen LogP contribution < -0.4 is 0 Å². The molecule has 0 unspecified atom stereocenters. The standard InChI is InChI=1S/C10H20O3S/c1-10(2,3)13-9(12)5-8-14-7-4-6-11/h11H,4-8H2,1-3H3. The number of carbonyl (C=O) groups excluding carboxylic acids is 1. The number of rotatable bonds is 6. The van der Waals surface area contributed by atoms with Gasteiger partial charge in [-0.1, -0.05) is 0 Å². The third kappa shape index (κ3) is 9.86. The second-order valence-electron chi connectivity index (χ2n) is 4.03. The maximum absolute atomic E-state index is 11.2. The van der Waals surface area contributed by atoms with E-state index < -0.39 is 0 Å². The van der Waals surface area contributed by atoms with Crippen LogP contribution in [0.1, 0.15) is 33.6 Å². The maximum Gasteiger partial charge on any atom is 0.307 e. The molecule has 0 aromatic heterocycles. The van der Waals surface area contributed by atoms with Crippen LogP contribution >= 0.6 is 11.8 Å². The summed E-state index contributed by atoms with van der Waals surface area (Å²) >= 11 is 1.67. The van der Waals surface area contributed by atoms with Crippen molar-refractivity contribution in [1.29, 1.82) is 0 Å². The van der Waals surface area contributed by atoms with Crippen molar-refractivity contribution in [3.05, 3.63) is 0 Å². The molecular weight excluding hydrogens is 200 g/mol. The summed E-state index contributed by atoms with van der Waals surface area (Å²) in [6, 6.07) is 0. The first-order chi connectivity index (χ1) is 6.45. The Balaban J connectivity index is 3.36. The molecule has 0 spiro atoms. The molecule has 0 fully saturated rings. The Hall–Kier alpha value is -0.220. The molecule has 4 heteroatoms. The molecule has 0 saturated carbocycles. The van der Waals surface area contributed by atoms with Gasteiger partial charge in [0.05, 0.1) is 6.42 Å². The Labute approximate surface area is 90.2 Å². The highest BCUT2D eigenvalue weighted by Gasteiger charge is 2.15. The van der Waals surface area contributed by atoms with E-state index in [1.807, 2.05) is 20.8 Å². The summed E-state index contributed by atoms with van der Waals surface area (Å²) < 4.78 is 5.14. The summed E-state index contributed by atoms with van der Waals surface area (Å²) in [5.41, 5.74) is -0.382. The SMILES string of the molecule is CC(C)(C)OC(=O)CCSCCCO. The van der Waals surface area contributed by atoms with Crippen molar-refractivity contribution in [2.24, 2.45) is 0 Å². The van der Waals surface area contributed by atoms with Crippen LogP contribution in [-0.2, 0) is 9.53 Å². The van der Waals surface area contributed by atoms with Crippen LogP contribution in [0.3, 0.4) is 0 Å². The van der Waals surface area contributed by atoms with Crippen LogP contribution in [0, 0.1) is 0 Å². The zero-order valence-corrected chi connectivity index (χ0v) is 10.0. The monoisotopic (exact) mass is 220 g/mol. The molecule has 0 aliphatic rings. The molecule has 0 bridgehead atoms. The highest BCUT2D eigenvalue weighted by Crippen LogP contribution is 2.10. The van der Waals surface area contributed by atoms with Gasteiger partial charge in [-0.2, -0.15) is 11.8 Å². The van der Waals surface area contributed by atoms with Gasteiger partial charge in [-0.05, 0) is 32.9 Å². The molecule has 0 aromatic carbocycles. The lowest BCUT2D eigenvalue weighted by Crippen LogP contribution is -2.24. The fourth-order valence-electron chi connectivity index (χ4n) is 0.817. The first-order valence-electron chi connectivity index (χ1n) is 4.86. The summed E-state index contributed by atoms with van der Waals surface area (Å²) in [6.07, 6.45) is 1.24. The van der Waals surface area contributed by atoms with Crippen molar-refractivity contribution in [2.75, 3.05) is 18.1 Å². The number of ether oxygens (including phenoxy) is 1. The molecule has 14 heavy (non-hydrogen) atoms. The summed E-state index contributed by atoms with van der Waals surface area (Å²) in [7, 11) is 0. The van der Waals surface area contributed by atoms with Crippen LogP contribution in [0.15, 0.2) is 0 Å². The molecule has 0 aliphatic heterocycles. The predicted molar refractivity (Wildman–Crippen MR) is 59.5 cm³/mol. The zero-order chi connectivity index (χ0) is 11.0. The summed E-state index contributed by atoms with van der Waals surface area (Å²) in [4.78, 5) is 11.2. The third-order valence-electron chi connectivity index (χ3n) is 1.32. The number of carbonyl (C=O) groups is 1. The Kier molecular flexibility index (Phi) is 7.01. The van der Waals surface area contributed by atoms with E-state index in [9.17, 15) is 4.79 Å². The van der Waals surface area contributed by atoms with E-state index in [2.05, 4.69) is 0 Å². The second kappa shape index (κ2) is 7.12. The van der Waals surface area contributed by atoms with Crippen LogP contribution in [0.2, 0.25) is 0 Å². The average molecular weight is 220 g/mol. The predicted octanol–water partition coefficient (Wildman–Crippen LogP) is 1.83. The van der Waals surface area contributed by atoms with Gasteiger partial charge in [0, 0.05) is 12.4 Å². The summed E-state index contributed by atoms with van der Waals surface area (Å²) in [5, 5.41) is 8.52. The number of hydrogen-bond donors (Lipinski definition) is 1. The molecular formula is C10H20O3S. The van der Waals surface area contributed by atoms with Gasteiger partial charge < -0.3 is 9.84 Å². The lowest BCUT2D eigenvalue weighted by atomic mass is 10.2. The van der Waals surface area contributed by atoms with E-state index in [4.69, 9.17) is 9.84 Å². The summed E-state index contributed by atoms with van der Waals surface area (Å²) in [5.74, 6) is 1.53. The average Bonchev–Trinajstić information content (AvgIpc) is 2.00. The first kappa shape index (κ1) is 13.8. The van der Waals surface area contributed by atoms with E-state index in [1.165, 1.54) is 0 Å². The van der Waals surface area contributed by atoms with Crippen LogP contribution in [0.5, 0.6) is 0 Å². The number of aliphatic hydroxyl groups is 1. The third-order valence-corrected chi connectivity index (χ3v) is 2.39. The Morgan fingerprint density at radius 1 is 1.36 bits per heavy atom. The normalized spacial score (nSPS) is 11.4. The van der Waals surface area contributed by atoms with Gasteiger partial charge in [-0.3, -0.25) is 4.79 Å². The van der Waals surface area contributed by atoms with Crippen LogP contribution in [0.25, 0.3) is 0 Å². The van der Waals surface area contributed by atoms with Gasteiger partial charge in [-0.15, -0.1) is 0 Å². The molecule has 0 saturated heterocycles. The fraction of sp³-hybridized carbons (Fsp3) is 0.900. The topological polar surface area (TPSA) is 46.5 Å². The van der Waals surface area contributed by atoms with Crippen molar-refractivity contribution < 1.29 is 14.6 Å². The van der Waals surface area contributed by atoms with Gasteiger partial charge in [0.15, 0.2) is 0 Å². The minimum absolute atomic E-state index is 0.144. The first-order valence-corrected chi connectivity index (χ1v) is 6.01. The van der Waals surface area contributed by atoms with Gasteiger partial charge in [0.1, 0.15) is 5.60 Å². The smallest absolute Gasteiger partial charge is 0.307 e. The van der Waals surface area contributed by atoms with Gasteiger partial charge in [0.25, 0.3) is 0 Å². The van der Waals surface area contributed by atoms with Crippen molar-refractivity contribution in [2.45, 2.75) is 39.2 Å². The molecule has 0 aliphatic carbocycles. The van der Waals surface area contributed by atoms with Gasteiger partial charge in [0.2, 0.25) is 0 Å². The Bertz CT molecular complexity index is 163. The van der Waals surface area contributed by atoms with Gasteiger partial charge in [-0.25, -0.2) is 0 Å². The van der Waals surface area contributed by atoms with E-state index >= 15 is 0 Å². The van der Waals surface area contributed by atoms with Crippen molar-refractivity contribution in [3.63, 3.8) is 0 Å². The Morgan fingerprint density at radius 3 is 2.50 bits per heavy atom. The Morgan fingerprint density at radius 2 is 2.00 bits per heavy atom. The maximum atomic E-state index is 11.2. The number of thioether (sulfide) groups is 1. The number of hydrogen-bond acceptors (Lipinski definition) is 4. The van der Waals surface area contributed by atoms with E-state index in [-0.39, 0.29) is 18.2 Å². The van der Waals surface area contributed by atoms with Crippen LogP contribution in [0.4, 0.5) is 0 Å². The highest BCUT2D eigenvalue weighted by atomic mass is 32.2. The van der Waals surface area contributed by atoms with E-state index in [0.717, 1.165) is 17.9 Å². The van der Waals surface area contributed by atoms with Crippen LogP contribution in [-0.4, -0.2) is 34.8 Å². The molecule has 0 rings (SSSR count). The molecule has 0 amide bonds. The quantitative estimate of drug-likeness (QED) is 0.548. The van der Waals surface area contributed by atoms with Crippen molar-refractivity contribution in [3.8, 4) is 0 Å². The highest BCUT2D eigenvalue weighted by molar-refractivity contribution is 7.99. The lowest BCUT2D eigenvalue weighted by Gasteiger charge is -2.19. The second-order valence-corrected chi connectivity index (χ2v) is 5.25. The number of esters is 1. The molecule has 0 atom stereocenters. The molecule has 0 radical (unpaired) electrons. The fourth-order valence-corrected chi connectivity index (χ4v) is 1.67. The number of aliphatic hydroxyl groups excluding tert-OH is 1. The largest absolute Gasteiger partial charge is 0.460 e. The lowest BCUT2D eigenvalue weighted by molar-refractivity contribution is -0.154. The van der Waals surface area contributed by atoms with E-state index in [0.29, 0.717) is 6.42 Å². The van der Waals surface area contributed by atoms with Crippen molar-refractivity contribution in [1.82, 2.24) is 0 Å². The minimum Gasteiger partial charge on any atom is -0.460 e. The molecule has 0 aromatic rings. The molecule has 1 N–H and O–H groups in total. The minimum atomic E-state index is -0.382. The molecule has 84 valence electrons.